The lowest BCUT2D eigenvalue weighted by Gasteiger charge is -2.32. The maximum Gasteiger partial charge on any atom is 0.223 e. The quantitative estimate of drug-likeness (QED) is 0.806. The predicted octanol–water partition coefficient (Wildman–Crippen LogP) is 3.61. The van der Waals surface area contributed by atoms with Gasteiger partial charge in [0.15, 0.2) is 0 Å². The first kappa shape index (κ1) is 15.6. The molecular weight excluding hydrogens is 292 g/mol. The molecule has 0 aliphatic carbocycles. The number of nitrogens with zero attached hydrogens (tertiary/aromatic N) is 2. The molecule has 0 bridgehead atoms. The number of phenols is 1. The molecule has 1 aliphatic heterocycles. The van der Waals surface area contributed by atoms with Gasteiger partial charge in [0.2, 0.25) is 11.8 Å². The summed E-state index contributed by atoms with van der Waals surface area (Å²) in [6, 6.07) is 8.08. The zero-order chi connectivity index (χ0) is 16.4. The van der Waals surface area contributed by atoms with E-state index in [9.17, 15) is 15.3 Å². The topological polar surface area (TPSA) is 68.9 Å². The second-order valence-corrected chi connectivity index (χ2v) is 6.29. The van der Waals surface area contributed by atoms with Gasteiger partial charge in [0, 0.05) is 25.2 Å². The summed E-state index contributed by atoms with van der Waals surface area (Å²) in [5, 5.41) is 30.4. The Morgan fingerprint density at radius 1 is 1.09 bits per heavy atom. The van der Waals surface area contributed by atoms with Crippen LogP contribution in [0.1, 0.15) is 32.6 Å². The molecule has 23 heavy (non-hydrogen) atoms. The Morgan fingerprint density at radius 2 is 1.83 bits per heavy atom. The van der Waals surface area contributed by atoms with Crippen molar-refractivity contribution in [3.8, 4) is 23.2 Å². The summed E-state index contributed by atoms with van der Waals surface area (Å²) in [6.45, 7) is 4.00. The molecule has 0 atom stereocenters. The van der Waals surface area contributed by atoms with E-state index >= 15 is 0 Å². The highest BCUT2D eigenvalue weighted by Gasteiger charge is 2.24. The minimum Gasteiger partial charge on any atom is -0.508 e. The second-order valence-electron chi connectivity index (χ2n) is 6.29. The highest BCUT2D eigenvalue weighted by Crippen LogP contribution is 2.40. The Balaban J connectivity index is 1.84. The van der Waals surface area contributed by atoms with Crippen LogP contribution >= 0.6 is 0 Å². The molecule has 0 unspecified atom stereocenters. The zero-order valence-corrected chi connectivity index (χ0v) is 13.4. The number of aromatic nitrogens is 1. The van der Waals surface area contributed by atoms with Crippen LogP contribution in [0.15, 0.2) is 30.3 Å². The Labute approximate surface area is 136 Å². The molecular formula is C18H24N2O3. The van der Waals surface area contributed by atoms with E-state index in [4.69, 9.17) is 0 Å². The van der Waals surface area contributed by atoms with Crippen LogP contribution in [0.2, 0.25) is 0 Å². The molecule has 0 radical (unpaired) electrons. The molecule has 124 valence electrons. The molecule has 5 heteroatoms. The van der Waals surface area contributed by atoms with Gasteiger partial charge in [-0.25, -0.2) is 4.57 Å². The minimum atomic E-state index is -0.0289. The molecule has 3 rings (SSSR count). The van der Waals surface area contributed by atoms with Crippen LogP contribution in [0, 0.1) is 5.92 Å². The molecule has 1 saturated heterocycles. The average molecular weight is 316 g/mol. The van der Waals surface area contributed by atoms with Crippen molar-refractivity contribution in [2.45, 2.75) is 32.6 Å². The highest BCUT2D eigenvalue weighted by molar-refractivity contribution is 5.63. The molecule has 0 spiro atoms. The lowest BCUT2D eigenvalue weighted by atomic mass is 9.92. The molecule has 2 aromatic rings. The Hall–Kier alpha value is -2.30. The van der Waals surface area contributed by atoms with Crippen LogP contribution in [0.3, 0.4) is 0 Å². The molecule has 2 heterocycles. The summed E-state index contributed by atoms with van der Waals surface area (Å²) in [5.74, 6) is 0.845. The molecule has 3 N–H and O–H groups in total. The minimum absolute atomic E-state index is 0.0158. The van der Waals surface area contributed by atoms with E-state index in [0.29, 0.717) is 11.4 Å². The maximum absolute atomic E-state index is 10.6. The van der Waals surface area contributed by atoms with E-state index in [1.807, 2.05) is 0 Å². The first-order valence-electron chi connectivity index (χ1n) is 8.28. The summed E-state index contributed by atoms with van der Waals surface area (Å²) in [4.78, 5) is 2.13. The molecule has 0 amide bonds. The van der Waals surface area contributed by atoms with Crippen molar-refractivity contribution in [3.05, 3.63) is 30.3 Å². The first-order valence-corrected chi connectivity index (χ1v) is 8.28. The van der Waals surface area contributed by atoms with Gasteiger partial charge in [0.05, 0.1) is 5.69 Å². The third kappa shape index (κ3) is 3.09. The summed E-state index contributed by atoms with van der Waals surface area (Å²) in [5.41, 5.74) is 1.19. The monoisotopic (exact) mass is 316 g/mol. The number of benzene rings is 1. The highest BCUT2D eigenvalue weighted by atomic mass is 16.3. The van der Waals surface area contributed by atoms with Crippen molar-refractivity contribution >= 4 is 5.69 Å². The van der Waals surface area contributed by atoms with Gasteiger partial charge in [-0.2, -0.15) is 0 Å². The van der Waals surface area contributed by atoms with Gasteiger partial charge in [-0.3, -0.25) is 0 Å². The number of rotatable bonds is 4. The number of aromatic hydroxyl groups is 3. The van der Waals surface area contributed by atoms with Crippen LogP contribution in [-0.4, -0.2) is 33.0 Å². The van der Waals surface area contributed by atoms with Crippen LogP contribution in [0.4, 0.5) is 5.69 Å². The van der Waals surface area contributed by atoms with E-state index in [-0.39, 0.29) is 17.5 Å². The van der Waals surface area contributed by atoms with E-state index in [0.717, 1.165) is 31.8 Å². The molecule has 1 fully saturated rings. The van der Waals surface area contributed by atoms with Crippen LogP contribution < -0.4 is 4.90 Å². The fraction of sp³-hybridized carbons (Fsp3) is 0.444. The summed E-state index contributed by atoms with van der Waals surface area (Å²) >= 11 is 0. The van der Waals surface area contributed by atoms with E-state index < -0.39 is 0 Å². The summed E-state index contributed by atoms with van der Waals surface area (Å²) in [6.07, 6.45) is 4.71. The lowest BCUT2D eigenvalue weighted by Crippen LogP contribution is -2.33. The lowest BCUT2D eigenvalue weighted by molar-refractivity contribution is 0.373. The van der Waals surface area contributed by atoms with Crippen molar-refractivity contribution in [2.75, 3.05) is 18.0 Å². The van der Waals surface area contributed by atoms with Crippen molar-refractivity contribution in [2.24, 2.45) is 5.92 Å². The fourth-order valence-electron chi connectivity index (χ4n) is 3.46. The third-order valence-electron chi connectivity index (χ3n) is 4.68. The molecule has 1 aromatic carbocycles. The summed E-state index contributed by atoms with van der Waals surface area (Å²) in [7, 11) is 0. The predicted molar refractivity (Wildman–Crippen MR) is 90.6 cm³/mol. The second kappa shape index (κ2) is 6.44. The van der Waals surface area contributed by atoms with E-state index in [2.05, 4.69) is 11.8 Å². The van der Waals surface area contributed by atoms with Crippen molar-refractivity contribution in [3.63, 3.8) is 0 Å². The largest absolute Gasteiger partial charge is 0.508 e. The Bertz CT molecular complexity index is 673. The maximum atomic E-state index is 10.6. The fourth-order valence-corrected chi connectivity index (χ4v) is 3.46. The molecule has 1 aliphatic rings. The smallest absolute Gasteiger partial charge is 0.223 e. The number of phenolic OH excluding ortho intramolecular Hbond substituents is 1. The van der Waals surface area contributed by atoms with E-state index in [1.54, 1.807) is 24.3 Å². The summed E-state index contributed by atoms with van der Waals surface area (Å²) < 4.78 is 1.35. The van der Waals surface area contributed by atoms with Gasteiger partial charge in [0.25, 0.3) is 0 Å². The van der Waals surface area contributed by atoms with Crippen molar-refractivity contribution in [1.29, 1.82) is 0 Å². The average Bonchev–Trinajstić information content (AvgIpc) is 2.83. The normalized spacial score (nSPS) is 16.0. The van der Waals surface area contributed by atoms with Gasteiger partial charge in [-0.15, -0.1) is 0 Å². The molecule has 0 saturated carbocycles. The SMILES string of the molecule is CCCC1CCN(c2cc(O)n(-c3cccc(O)c3)c2O)CC1. The standard InChI is InChI=1S/C18H24N2O3/c1-2-4-13-7-9-19(10-8-13)16-12-17(22)20(18(16)23)14-5-3-6-15(21)11-14/h3,5-6,11-13,21-23H,2,4,7-10H2,1H3. The van der Waals surface area contributed by atoms with Crippen molar-refractivity contribution in [1.82, 2.24) is 4.57 Å². The first-order chi connectivity index (χ1) is 11.1. The van der Waals surface area contributed by atoms with Gasteiger partial charge < -0.3 is 20.2 Å². The number of piperidine rings is 1. The Kier molecular flexibility index (Phi) is 4.37. The van der Waals surface area contributed by atoms with Crippen LogP contribution in [0.5, 0.6) is 17.5 Å². The molecule has 1 aromatic heterocycles. The number of anilines is 1. The van der Waals surface area contributed by atoms with Crippen LogP contribution in [-0.2, 0) is 0 Å². The molecule has 5 nitrogen and oxygen atoms in total. The third-order valence-corrected chi connectivity index (χ3v) is 4.68. The number of hydrogen-bond donors (Lipinski definition) is 3. The van der Waals surface area contributed by atoms with E-state index in [1.165, 1.54) is 23.5 Å². The Morgan fingerprint density at radius 3 is 2.48 bits per heavy atom. The van der Waals surface area contributed by atoms with Crippen molar-refractivity contribution < 1.29 is 15.3 Å². The van der Waals surface area contributed by atoms with Gasteiger partial charge in [0.1, 0.15) is 11.4 Å². The van der Waals surface area contributed by atoms with Gasteiger partial charge >= 0.3 is 0 Å². The zero-order valence-electron chi connectivity index (χ0n) is 13.4. The number of hydrogen-bond acceptors (Lipinski definition) is 4. The van der Waals surface area contributed by atoms with Gasteiger partial charge in [-0.05, 0) is 30.9 Å². The van der Waals surface area contributed by atoms with Gasteiger partial charge in [-0.1, -0.05) is 25.8 Å². The van der Waals surface area contributed by atoms with Crippen LogP contribution in [0.25, 0.3) is 5.69 Å².